The first-order valence-corrected chi connectivity index (χ1v) is 4.30. The molecule has 0 saturated heterocycles. The Hall–Kier alpha value is -1.32. The van der Waals surface area contributed by atoms with Crippen LogP contribution in [0.4, 0.5) is 0 Å². The number of rotatable bonds is 4. The molecule has 0 aliphatic rings. The van der Waals surface area contributed by atoms with Crippen LogP contribution in [-0.4, -0.2) is 17.7 Å². The molecule has 0 aliphatic heterocycles. The zero-order valence-electron chi connectivity index (χ0n) is 7.87. The Morgan fingerprint density at radius 1 is 1.69 bits per heavy atom. The van der Waals surface area contributed by atoms with Gasteiger partial charge in [0.15, 0.2) is 0 Å². The van der Waals surface area contributed by atoms with Gasteiger partial charge in [0.25, 0.3) is 0 Å². The third-order valence-electron chi connectivity index (χ3n) is 1.57. The molecule has 1 aromatic heterocycles. The van der Waals surface area contributed by atoms with E-state index < -0.39 is 0 Å². The Morgan fingerprint density at radius 3 is 3.00 bits per heavy atom. The van der Waals surface area contributed by atoms with E-state index in [0.717, 1.165) is 11.5 Å². The second-order valence-electron chi connectivity index (χ2n) is 2.73. The third kappa shape index (κ3) is 3.27. The molecule has 1 rings (SSSR count). The predicted octanol–water partition coefficient (Wildman–Crippen LogP) is 1.48. The second kappa shape index (κ2) is 4.64. The van der Waals surface area contributed by atoms with Crippen molar-refractivity contribution in [2.75, 3.05) is 6.61 Å². The summed E-state index contributed by atoms with van der Waals surface area (Å²) in [6.45, 7) is 4.04. The number of hydrogen-bond acceptors (Lipinski definition) is 4. The fourth-order valence-corrected chi connectivity index (χ4v) is 0.999. The Balaban J connectivity index is 2.30. The average molecular weight is 183 g/mol. The van der Waals surface area contributed by atoms with Crippen LogP contribution >= 0.6 is 0 Å². The van der Waals surface area contributed by atoms with Crippen molar-refractivity contribution in [3.63, 3.8) is 0 Å². The Morgan fingerprint density at radius 2 is 2.46 bits per heavy atom. The van der Waals surface area contributed by atoms with Gasteiger partial charge >= 0.3 is 5.97 Å². The number of esters is 1. The molecule has 1 aromatic rings. The molecule has 0 saturated carbocycles. The van der Waals surface area contributed by atoms with Crippen molar-refractivity contribution in [3.05, 3.63) is 17.5 Å². The van der Waals surface area contributed by atoms with Crippen LogP contribution in [0.2, 0.25) is 0 Å². The first kappa shape index (κ1) is 9.77. The van der Waals surface area contributed by atoms with E-state index in [1.165, 1.54) is 0 Å². The highest BCUT2D eigenvalue weighted by atomic mass is 16.5. The maximum Gasteiger partial charge on any atom is 0.306 e. The lowest BCUT2D eigenvalue weighted by Gasteiger charge is -1.98. The standard InChI is InChI=1S/C9H13NO3/c1-3-12-9(11)5-4-8-6-7(2)13-10-8/h6H,3-5H2,1-2H3. The molecule has 0 unspecified atom stereocenters. The quantitative estimate of drug-likeness (QED) is 0.663. The highest BCUT2D eigenvalue weighted by Crippen LogP contribution is 2.04. The number of aromatic nitrogens is 1. The summed E-state index contributed by atoms with van der Waals surface area (Å²) in [6, 6.07) is 1.82. The van der Waals surface area contributed by atoms with Crippen LogP contribution in [-0.2, 0) is 16.0 Å². The Kier molecular flexibility index (Phi) is 3.49. The molecule has 0 bridgehead atoms. The normalized spacial score (nSPS) is 10.0. The highest BCUT2D eigenvalue weighted by molar-refractivity contribution is 5.69. The van der Waals surface area contributed by atoms with Gasteiger partial charge in [0.05, 0.1) is 18.7 Å². The molecule has 0 spiro atoms. The van der Waals surface area contributed by atoms with E-state index in [9.17, 15) is 4.79 Å². The molecular formula is C9H13NO3. The zero-order chi connectivity index (χ0) is 9.68. The second-order valence-corrected chi connectivity index (χ2v) is 2.73. The van der Waals surface area contributed by atoms with E-state index in [2.05, 4.69) is 5.16 Å². The third-order valence-corrected chi connectivity index (χ3v) is 1.57. The number of aryl methyl sites for hydroxylation is 2. The van der Waals surface area contributed by atoms with Gasteiger partial charge < -0.3 is 9.26 Å². The van der Waals surface area contributed by atoms with Crippen molar-refractivity contribution < 1.29 is 14.1 Å². The fraction of sp³-hybridized carbons (Fsp3) is 0.556. The summed E-state index contributed by atoms with van der Waals surface area (Å²) in [5.74, 6) is 0.571. The number of nitrogens with zero attached hydrogens (tertiary/aromatic N) is 1. The summed E-state index contributed by atoms with van der Waals surface area (Å²) in [5.41, 5.74) is 0.797. The molecule has 0 aliphatic carbocycles. The zero-order valence-corrected chi connectivity index (χ0v) is 7.87. The molecule has 72 valence electrons. The van der Waals surface area contributed by atoms with Crippen molar-refractivity contribution >= 4 is 5.97 Å². The van der Waals surface area contributed by atoms with Crippen molar-refractivity contribution in [1.82, 2.24) is 5.16 Å². The summed E-state index contributed by atoms with van der Waals surface area (Å²) in [5, 5.41) is 3.77. The van der Waals surface area contributed by atoms with Gasteiger partial charge in [0.2, 0.25) is 0 Å². The summed E-state index contributed by atoms with van der Waals surface area (Å²) < 4.78 is 9.63. The van der Waals surface area contributed by atoms with Gasteiger partial charge in [-0.05, 0) is 13.8 Å². The van der Waals surface area contributed by atoms with Gasteiger partial charge in [-0.25, -0.2) is 0 Å². The molecule has 4 nitrogen and oxygen atoms in total. The molecule has 4 heteroatoms. The van der Waals surface area contributed by atoms with E-state index in [0.29, 0.717) is 19.4 Å². The molecule has 13 heavy (non-hydrogen) atoms. The maximum absolute atomic E-state index is 10.9. The van der Waals surface area contributed by atoms with Gasteiger partial charge in [-0.2, -0.15) is 0 Å². The van der Waals surface area contributed by atoms with Crippen molar-refractivity contribution in [3.8, 4) is 0 Å². The summed E-state index contributed by atoms with van der Waals surface area (Å²) in [7, 11) is 0. The predicted molar refractivity (Wildman–Crippen MR) is 46.2 cm³/mol. The Labute approximate surface area is 76.9 Å². The van der Waals surface area contributed by atoms with E-state index >= 15 is 0 Å². The lowest BCUT2D eigenvalue weighted by Crippen LogP contribution is -2.05. The highest BCUT2D eigenvalue weighted by Gasteiger charge is 2.05. The van der Waals surface area contributed by atoms with Crippen molar-refractivity contribution in [2.45, 2.75) is 26.7 Å². The number of hydrogen-bond donors (Lipinski definition) is 0. The molecule has 1 heterocycles. The van der Waals surface area contributed by atoms with Gasteiger partial charge in [-0.1, -0.05) is 5.16 Å². The first-order chi connectivity index (χ1) is 6.22. The molecule has 0 aromatic carbocycles. The lowest BCUT2D eigenvalue weighted by molar-refractivity contribution is -0.143. The van der Waals surface area contributed by atoms with E-state index in [1.807, 2.05) is 13.0 Å². The number of carbonyl (C=O) groups excluding carboxylic acids is 1. The van der Waals surface area contributed by atoms with Crippen LogP contribution in [0.5, 0.6) is 0 Å². The first-order valence-electron chi connectivity index (χ1n) is 4.30. The minimum atomic E-state index is -0.192. The minimum absolute atomic E-state index is 0.192. The minimum Gasteiger partial charge on any atom is -0.466 e. The van der Waals surface area contributed by atoms with Crippen LogP contribution in [0.1, 0.15) is 24.8 Å². The smallest absolute Gasteiger partial charge is 0.306 e. The lowest BCUT2D eigenvalue weighted by atomic mass is 10.2. The molecule has 0 atom stereocenters. The van der Waals surface area contributed by atoms with Crippen molar-refractivity contribution in [2.24, 2.45) is 0 Å². The van der Waals surface area contributed by atoms with Crippen LogP contribution in [0.3, 0.4) is 0 Å². The van der Waals surface area contributed by atoms with E-state index in [-0.39, 0.29) is 5.97 Å². The van der Waals surface area contributed by atoms with Gasteiger partial charge in [0, 0.05) is 12.5 Å². The largest absolute Gasteiger partial charge is 0.466 e. The Bertz CT molecular complexity index is 280. The number of ether oxygens (including phenoxy) is 1. The fourth-order valence-electron chi connectivity index (χ4n) is 0.999. The van der Waals surface area contributed by atoms with Crippen molar-refractivity contribution in [1.29, 1.82) is 0 Å². The topological polar surface area (TPSA) is 52.3 Å². The molecule has 0 fully saturated rings. The molecular weight excluding hydrogens is 170 g/mol. The molecule has 0 radical (unpaired) electrons. The van der Waals surface area contributed by atoms with Gasteiger partial charge in [-0.15, -0.1) is 0 Å². The van der Waals surface area contributed by atoms with Crippen LogP contribution in [0.15, 0.2) is 10.6 Å². The average Bonchev–Trinajstić information content (AvgIpc) is 2.49. The van der Waals surface area contributed by atoms with Crippen LogP contribution in [0, 0.1) is 6.92 Å². The van der Waals surface area contributed by atoms with Gasteiger partial charge in [-0.3, -0.25) is 4.79 Å². The van der Waals surface area contributed by atoms with Crippen LogP contribution in [0.25, 0.3) is 0 Å². The molecule has 0 N–H and O–H groups in total. The molecule has 0 amide bonds. The summed E-state index contributed by atoms with van der Waals surface area (Å²) in [6.07, 6.45) is 0.940. The monoisotopic (exact) mass is 183 g/mol. The number of carbonyl (C=O) groups is 1. The summed E-state index contributed by atoms with van der Waals surface area (Å²) >= 11 is 0. The SMILES string of the molecule is CCOC(=O)CCc1cc(C)on1. The maximum atomic E-state index is 10.9. The van der Waals surface area contributed by atoms with E-state index in [1.54, 1.807) is 6.92 Å². The van der Waals surface area contributed by atoms with E-state index in [4.69, 9.17) is 9.26 Å². The van der Waals surface area contributed by atoms with Gasteiger partial charge in [0.1, 0.15) is 5.76 Å². The summed E-state index contributed by atoms with van der Waals surface area (Å²) in [4.78, 5) is 10.9. The van der Waals surface area contributed by atoms with Crippen LogP contribution < -0.4 is 0 Å².